The van der Waals surface area contributed by atoms with E-state index in [-0.39, 0.29) is 5.41 Å². The Balaban J connectivity index is 2.21. The van der Waals surface area contributed by atoms with Crippen molar-refractivity contribution in [3.8, 4) is 0 Å². The molecule has 0 aromatic carbocycles. The van der Waals surface area contributed by atoms with Crippen LogP contribution in [0.2, 0.25) is 0 Å². The monoisotopic (exact) mass is 241 g/mol. The Morgan fingerprint density at radius 3 is 2.88 bits per heavy atom. The first-order chi connectivity index (χ1) is 7.45. The van der Waals surface area contributed by atoms with Gasteiger partial charge in [0.15, 0.2) is 0 Å². The highest BCUT2D eigenvalue weighted by molar-refractivity contribution is 7.99. The minimum atomic E-state index is -0.670. The lowest BCUT2D eigenvalue weighted by molar-refractivity contribution is -0.0532. The average molecular weight is 241 g/mol. The molecular weight excluding hydrogens is 222 g/mol. The second-order valence-electron chi connectivity index (χ2n) is 5.19. The van der Waals surface area contributed by atoms with Crippen molar-refractivity contribution in [1.82, 2.24) is 14.8 Å². The predicted molar refractivity (Wildman–Crippen MR) is 65.4 cm³/mol. The van der Waals surface area contributed by atoms with E-state index in [0.717, 1.165) is 23.8 Å². The molecule has 16 heavy (non-hydrogen) atoms. The fraction of sp³-hybridized carbons (Fsp3) is 0.818. The minimum absolute atomic E-state index is 0.0514. The first-order valence-electron chi connectivity index (χ1n) is 5.58. The quantitative estimate of drug-likeness (QED) is 0.846. The molecule has 1 saturated heterocycles. The van der Waals surface area contributed by atoms with Crippen LogP contribution < -0.4 is 0 Å². The second-order valence-corrected chi connectivity index (χ2v) is 6.30. The Labute approximate surface area is 100 Å². The van der Waals surface area contributed by atoms with E-state index in [1.165, 1.54) is 0 Å². The summed E-state index contributed by atoms with van der Waals surface area (Å²) < 4.78 is 1.74. The lowest BCUT2D eigenvalue weighted by Crippen LogP contribution is -2.52. The molecule has 0 bridgehead atoms. The van der Waals surface area contributed by atoms with Gasteiger partial charge in [-0.2, -0.15) is 16.9 Å². The summed E-state index contributed by atoms with van der Waals surface area (Å²) in [6.45, 7) is 4.28. The zero-order valence-corrected chi connectivity index (χ0v) is 10.9. The molecule has 2 heterocycles. The third-order valence-corrected chi connectivity index (χ3v) is 4.90. The molecule has 0 radical (unpaired) electrons. The number of aliphatic hydroxyl groups is 1. The van der Waals surface area contributed by atoms with Crippen LogP contribution in [0.5, 0.6) is 0 Å². The van der Waals surface area contributed by atoms with Crippen molar-refractivity contribution in [2.45, 2.75) is 32.3 Å². The number of thioether (sulfide) groups is 1. The standard InChI is InChI=1S/C11H19N3OS/c1-10(2)4-5-16-7-11(10,15)6-9-12-8-13-14(9)3/h8,15H,4-7H2,1-3H3. The van der Waals surface area contributed by atoms with Crippen LogP contribution in [-0.2, 0) is 13.5 Å². The lowest BCUT2D eigenvalue weighted by Gasteiger charge is -2.45. The number of aromatic nitrogens is 3. The van der Waals surface area contributed by atoms with Crippen molar-refractivity contribution in [3.05, 3.63) is 12.2 Å². The van der Waals surface area contributed by atoms with Crippen LogP contribution in [-0.4, -0.2) is 37.0 Å². The molecule has 1 N–H and O–H groups in total. The molecule has 1 aliphatic heterocycles. The third-order valence-electron chi connectivity index (χ3n) is 3.73. The summed E-state index contributed by atoms with van der Waals surface area (Å²) in [6, 6.07) is 0. The minimum Gasteiger partial charge on any atom is -0.388 e. The van der Waals surface area contributed by atoms with E-state index >= 15 is 0 Å². The van der Waals surface area contributed by atoms with E-state index in [9.17, 15) is 5.11 Å². The fourth-order valence-corrected chi connectivity index (χ4v) is 3.66. The summed E-state index contributed by atoms with van der Waals surface area (Å²) in [7, 11) is 1.87. The number of hydrogen-bond acceptors (Lipinski definition) is 4. The molecule has 0 saturated carbocycles. The van der Waals surface area contributed by atoms with Gasteiger partial charge in [0, 0.05) is 19.2 Å². The van der Waals surface area contributed by atoms with Crippen molar-refractivity contribution in [3.63, 3.8) is 0 Å². The van der Waals surface area contributed by atoms with Gasteiger partial charge in [0.25, 0.3) is 0 Å². The summed E-state index contributed by atoms with van der Waals surface area (Å²) in [5.74, 6) is 2.78. The highest BCUT2D eigenvalue weighted by Gasteiger charge is 2.46. The van der Waals surface area contributed by atoms with Gasteiger partial charge in [0.2, 0.25) is 0 Å². The maximum absolute atomic E-state index is 10.8. The molecule has 0 aliphatic carbocycles. The maximum Gasteiger partial charge on any atom is 0.138 e. The van der Waals surface area contributed by atoms with Gasteiger partial charge in [-0.05, 0) is 17.6 Å². The van der Waals surface area contributed by atoms with Crippen LogP contribution >= 0.6 is 11.8 Å². The van der Waals surface area contributed by atoms with Crippen LogP contribution in [0.25, 0.3) is 0 Å². The Morgan fingerprint density at radius 2 is 2.31 bits per heavy atom. The van der Waals surface area contributed by atoms with E-state index in [1.807, 2.05) is 18.8 Å². The molecule has 1 aromatic heterocycles. The second kappa shape index (κ2) is 4.04. The van der Waals surface area contributed by atoms with Crippen molar-refractivity contribution in [2.24, 2.45) is 12.5 Å². The molecular formula is C11H19N3OS. The predicted octanol–water partition coefficient (Wildman–Crippen LogP) is 1.25. The molecule has 4 nitrogen and oxygen atoms in total. The van der Waals surface area contributed by atoms with E-state index in [4.69, 9.17) is 0 Å². The van der Waals surface area contributed by atoms with Gasteiger partial charge in [-0.3, -0.25) is 4.68 Å². The summed E-state index contributed by atoms with van der Waals surface area (Å²) >= 11 is 1.82. The van der Waals surface area contributed by atoms with Crippen LogP contribution in [0.3, 0.4) is 0 Å². The van der Waals surface area contributed by atoms with Gasteiger partial charge in [-0.25, -0.2) is 4.98 Å². The van der Waals surface area contributed by atoms with E-state index in [0.29, 0.717) is 6.42 Å². The Bertz CT molecular complexity index is 377. The molecule has 5 heteroatoms. The molecule has 90 valence electrons. The highest BCUT2D eigenvalue weighted by atomic mass is 32.2. The summed E-state index contributed by atoms with van der Waals surface area (Å²) in [4.78, 5) is 4.20. The number of aryl methyl sites for hydroxylation is 1. The molecule has 1 fully saturated rings. The van der Waals surface area contributed by atoms with Crippen molar-refractivity contribution >= 4 is 11.8 Å². The molecule has 1 aromatic rings. The molecule has 1 aliphatic rings. The zero-order chi connectivity index (χ0) is 11.8. The Morgan fingerprint density at radius 1 is 1.56 bits per heavy atom. The topological polar surface area (TPSA) is 50.9 Å². The highest BCUT2D eigenvalue weighted by Crippen LogP contribution is 2.43. The summed E-state index contributed by atoms with van der Waals surface area (Å²) in [5, 5.41) is 14.8. The number of nitrogens with zero attached hydrogens (tertiary/aromatic N) is 3. The Kier molecular flexibility index (Phi) is 3.01. The molecule has 2 rings (SSSR count). The van der Waals surface area contributed by atoms with Gasteiger partial charge in [-0.15, -0.1) is 0 Å². The van der Waals surface area contributed by atoms with Crippen LogP contribution in [0.1, 0.15) is 26.1 Å². The van der Waals surface area contributed by atoms with Crippen LogP contribution in [0.4, 0.5) is 0 Å². The average Bonchev–Trinajstić information content (AvgIpc) is 2.58. The molecule has 0 amide bonds. The normalized spacial score (nSPS) is 29.2. The van der Waals surface area contributed by atoms with Gasteiger partial charge in [0.05, 0.1) is 5.60 Å². The fourth-order valence-electron chi connectivity index (χ4n) is 2.03. The maximum atomic E-state index is 10.8. The smallest absolute Gasteiger partial charge is 0.138 e. The van der Waals surface area contributed by atoms with Gasteiger partial charge in [0.1, 0.15) is 12.2 Å². The lowest BCUT2D eigenvalue weighted by atomic mass is 9.71. The number of rotatable bonds is 2. The third kappa shape index (κ3) is 1.98. The molecule has 1 unspecified atom stereocenters. The largest absolute Gasteiger partial charge is 0.388 e. The first kappa shape index (κ1) is 11.9. The van der Waals surface area contributed by atoms with Crippen molar-refractivity contribution in [1.29, 1.82) is 0 Å². The van der Waals surface area contributed by atoms with E-state index < -0.39 is 5.60 Å². The molecule has 1 atom stereocenters. The summed E-state index contributed by atoms with van der Waals surface area (Å²) in [6.07, 6.45) is 3.18. The first-order valence-corrected chi connectivity index (χ1v) is 6.73. The van der Waals surface area contributed by atoms with Gasteiger partial charge >= 0.3 is 0 Å². The van der Waals surface area contributed by atoms with E-state index in [1.54, 1.807) is 11.0 Å². The van der Waals surface area contributed by atoms with E-state index in [2.05, 4.69) is 23.9 Å². The molecule has 0 spiro atoms. The Hall–Kier alpha value is -0.550. The van der Waals surface area contributed by atoms with Gasteiger partial charge in [-0.1, -0.05) is 13.8 Å². The zero-order valence-electron chi connectivity index (χ0n) is 10.1. The van der Waals surface area contributed by atoms with Crippen LogP contribution in [0.15, 0.2) is 6.33 Å². The number of hydrogen-bond donors (Lipinski definition) is 1. The van der Waals surface area contributed by atoms with Crippen molar-refractivity contribution in [2.75, 3.05) is 11.5 Å². The van der Waals surface area contributed by atoms with Crippen LogP contribution in [0, 0.1) is 5.41 Å². The van der Waals surface area contributed by atoms with Gasteiger partial charge < -0.3 is 5.11 Å². The van der Waals surface area contributed by atoms with Crippen molar-refractivity contribution < 1.29 is 5.11 Å². The summed E-state index contributed by atoms with van der Waals surface area (Å²) in [5.41, 5.74) is -0.721. The SMILES string of the molecule is Cn1ncnc1CC1(O)CSCCC1(C)C.